The van der Waals surface area contributed by atoms with E-state index >= 15 is 0 Å². The van der Waals surface area contributed by atoms with Crippen LogP contribution in [0.4, 0.5) is 0 Å². The van der Waals surface area contributed by atoms with E-state index in [1.165, 1.54) is 7.05 Å². The molecule has 0 aliphatic rings. The van der Waals surface area contributed by atoms with Gasteiger partial charge in [-0.15, -0.1) is 0 Å². The van der Waals surface area contributed by atoms with Gasteiger partial charge in [-0.3, -0.25) is 4.79 Å². The van der Waals surface area contributed by atoms with Crippen molar-refractivity contribution in [1.29, 1.82) is 0 Å². The van der Waals surface area contributed by atoms with Gasteiger partial charge in [-0.1, -0.05) is 0 Å². The third-order valence-corrected chi connectivity index (χ3v) is 3.68. The minimum absolute atomic E-state index is 0.0635. The van der Waals surface area contributed by atoms with Gasteiger partial charge >= 0.3 is 5.97 Å². The van der Waals surface area contributed by atoms with Gasteiger partial charge in [0.2, 0.25) is 0 Å². The lowest BCUT2D eigenvalue weighted by atomic mass is 10.4. The van der Waals surface area contributed by atoms with Gasteiger partial charge < -0.3 is 9.84 Å². The molecule has 0 bridgehead atoms. The Labute approximate surface area is 102 Å². The molecule has 0 amide bonds. The van der Waals surface area contributed by atoms with Crippen LogP contribution in [0.2, 0.25) is 0 Å². The maximum Gasteiger partial charge on any atom is 0.304 e. The van der Waals surface area contributed by atoms with E-state index in [1.54, 1.807) is 6.92 Å². The minimum atomic E-state index is -3.65. The van der Waals surface area contributed by atoms with Crippen LogP contribution in [0, 0.1) is 0 Å². The van der Waals surface area contributed by atoms with Crippen LogP contribution in [0.25, 0.3) is 0 Å². The van der Waals surface area contributed by atoms with Gasteiger partial charge in [0.15, 0.2) is 0 Å². The first-order valence-electron chi connectivity index (χ1n) is 5.32. The standard InChI is InChI=1S/C9H20N2O5S/c1-4-16-7-8(2)10-17(14,15)11(3)6-5-9(12)13/h8,10H,4-7H2,1-3H3,(H,12,13). The number of rotatable bonds is 9. The van der Waals surface area contributed by atoms with E-state index in [2.05, 4.69) is 4.72 Å². The SMILES string of the molecule is CCOCC(C)NS(=O)(=O)N(C)CCC(=O)O. The van der Waals surface area contributed by atoms with E-state index in [9.17, 15) is 13.2 Å². The van der Waals surface area contributed by atoms with Gasteiger partial charge in [-0.2, -0.15) is 17.4 Å². The molecule has 0 aliphatic carbocycles. The van der Waals surface area contributed by atoms with Gasteiger partial charge in [-0.05, 0) is 13.8 Å². The van der Waals surface area contributed by atoms with Gasteiger partial charge in [0.25, 0.3) is 10.2 Å². The molecule has 0 saturated carbocycles. The fourth-order valence-electron chi connectivity index (χ4n) is 1.05. The monoisotopic (exact) mass is 268 g/mol. The quantitative estimate of drug-likeness (QED) is 0.596. The van der Waals surface area contributed by atoms with E-state index in [0.717, 1.165) is 4.31 Å². The van der Waals surface area contributed by atoms with Gasteiger partial charge in [0.1, 0.15) is 0 Å². The van der Waals surface area contributed by atoms with E-state index < -0.39 is 16.2 Å². The molecule has 0 aliphatic heterocycles. The lowest BCUT2D eigenvalue weighted by molar-refractivity contribution is -0.137. The molecule has 102 valence electrons. The zero-order valence-electron chi connectivity index (χ0n) is 10.3. The second-order valence-electron chi connectivity index (χ2n) is 3.65. The second-order valence-corrected chi connectivity index (χ2v) is 5.46. The summed E-state index contributed by atoms with van der Waals surface area (Å²) in [7, 11) is -2.31. The molecule has 8 heteroatoms. The highest BCUT2D eigenvalue weighted by molar-refractivity contribution is 7.87. The normalized spacial score (nSPS) is 13.9. The molecule has 0 aromatic carbocycles. The van der Waals surface area contributed by atoms with Gasteiger partial charge in [0.05, 0.1) is 13.0 Å². The van der Waals surface area contributed by atoms with Crippen molar-refractivity contribution >= 4 is 16.2 Å². The highest BCUT2D eigenvalue weighted by Crippen LogP contribution is 1.98. The average Bonchev–Trinajstić information content (AvgIpc) is 2.22. The van der Waals surface area contributed by atoms with Crippen LogP contribution < -0.4 is 4.72 Å². The Hall–Kier alpha value is -0.700. The highest BCUT2D eigenvalue weighted by Gasteiger charge is 2.20. The zero-order valence-corrected chi connectivity index (χ0v) is 11.2. The third kappa shape index (κ3) is 7.27. The first-order chi connectivity index (χ1) is 7.79. The summed E-state index contributed by atoms with van der Waals surface area (Å²) < 4.78 is 31.8. The number of nitrogens with zero attached hydrogens (tertiary/aromatic N) is 1. The van der Waals surface area contributed by atoms with E-state index in [0.29, 0.717) is 6.61 Å². The summed E-state index contributed by atoms with van der Waals surface area (Å²) >= 11 is 0. The molecule has 0 aromatic rings. The van der Waals surface area contributed by atoms with Crippen molar-refractivity contribution in [1.82, 2.24) is 9.03 Å². The Balaban J connectivity index is 4.21. The number of hydrogen-bond acceptors (Lipinski definition) is 4. The van der Waals surface area contributed by atoms with Crippen molar-refractivity contribution in [3.8, 4) is 0 Å². The Morgan fingerprint density at radius 3 is 2.59 bits per heavy atom. The molecule has 0 saturated heterocycles. The fraction of sp³-hybridized carbons (Fsp3) is 0.889. The topological polar surface area (TPSA) is 95.9 Å². The van der Waals surface area contributed by atoms with E-state index in [-0.39, 0.29) is 25.6 Å². The van der Waals surface area contributed by atoms with Crippen LogP contribution in [-0.4, -0.2) is 56.6 Å². The van der Waals surface area contributed by atoms with Crippen LogP contribution in [0.3, 0.4) is 0 Å². The zero-order chi connectivity index (χ0) is 13.5. The van der Waals surface area contributed by atoms with Crippen molar-refractivity contribution < 1.29 is 23.1 Å². The Morgan fingerprint density at radius 2 is 2.12 bits per heavy atom. The Morgan fingerprint density at radius 1 is 1.53 bits per heavy atom. The van der Waals surface area contributed by atoms with E-state index in [1.807, 2.05) is 6.92 Å². The molecule has 1 atom stereocenters. The first-order valence-corrected chi connectivity index (χ1v) is 6.76. The summed E-state index contributed by atoms with van der Waals surface area (Å²) in [5.41, 5.74) is 0. The van der Waals surface area contributed by atoms with Crippen molar-refractivity contribution in [2.75, 3.05) is 26.8 Å². The predicted octanol–water partition coefficient (Wildman–Crippen LogP) is -0.348. The lowest BCUT2D eigenvalue weighted by Gasteiger charge is -2.20. The summed E-state index contributed by atoms with van der Waals surface area (Å²) in [4.78, 5) is 10.3. The van der Waals surface area contributed by atoms with Crippen molar-refractivity contribution in [2.24, 2.45) is 0 Å². The van der Waals surface area contributed by atoms with Crippen molar-refractivity contribution in [3.63, 3.8) is 0 Å². The average molecular weight is 268 g/mol. The number of nitrogens with one attached hydrogen (secondary N) is 1. The number of carboxylic acids is 1. The fourth-order valence-corrected chi connectivity index (χ4v) is 2.13. The predicted molar refractivity (Wildman–Crippen MR) is 62.9 cm³/mol. The van der Waals surface area contributed by atoms with Gasteiger partial charge in [-0.25, -0.2) is 0 Å². The summed E-state index contributed by atoms with van der Waals surface area (Å²) in [6.07, 6.45) is -0.225. The molecule has 2 N–H and O–H groups in total. The summed E-state index contributed by atoms with van der Waals surface area (Å²) in [5.74, 6) is -1.03. The molecule has 1 unspecified atom stereocenters. The summed E-state index contributed by atoms with van der Waals surface area (Å²) in [5, 5.41) is 8.46. The Bertz CT molecular complexity index is 330. The van der Waals surface area contributed by atoms with Crippen LogP contribution in [0.1, 0.15) is 20.3 Å². The number of ether oxygens (including phenoxy) is 1. The smallest absolute Gasteiger partial charge is 0.304 e. The molecule has 7 nitrogen and oxygen atoms in total. The van der Waals surface area contributed by atoms with Crippen molar-refractivity contribution in [2.45, 2.75) is 26.3 Å². The van der Waals surface area contributed by atoms with Gasteiger partial charge in [0, 0.05) is 26.2 Å². The third-order valence-electron chi connectivity index (χ3n) is 1.97. The number of carbonyl (C=O) groups is 1. The Kier molecular flexibility index (Phi) is 7.28. The molecule has 0 aromatic heterocycles. The minimum Gasteiger partial charge on any atom is -0.481 e. The summed E-state index contributed by atoms with van der Waals surface area (Å²) in [6.45, 7) is 4.23. The molecule has 0 radical (unpaired) electrons. The summed E-state index contributed by atoms with van der Waals surface area (Å²) in [6, 6.07) is -0.354. The lowest BCUT2D eigenvalue weighted by Crippen LogP contribution is -2.44. The van der Waals surface area contributed by atoms with Crippen molar-refractivity contribution in [3.05, 3.63) is 0 Å². The van der Waals surface area contributed by atoms with Crippen LogP contribution in [0.15, 0.2) is 0 Å². The van der Waals surface area contributed by atoms with Crippen LogP contribution in [-0.2, 0) is 19.7 Å². The number of carboxylic acid groups (broad SMARTS) is 1. The molecule has 0 fully saturated rings. The highest BCUT2D eigenvalue weighted by atomic mass is 32.2. The number of hydrogen-bond donors (Lipinski definition) is 2. The molecule has 0 rings (SSSR count). The molecular formula is C9H20N2O5S. The van der Waals surface area contributed by atoms with E-state index in [4.69, 9.17) is 9.84 Å². The second kappa shape index (κ2) is 7.59. The largest absolute Gasteiger partial charge is 0.481 e. The number of aliphatic carboxylic acids is 1. The molecule has 0 heterocycles. The molecule has 17 heavy (non-hydrogen) atoms. The van der Waals surface area contributed by atoms with Crippen LogP contribution >= 0.6 is 0 Å². The molecular weight excluding hydrogens is 248 g/mol. The van der Waals surface area contributed by atoms with Crippen LogP contribution in [0.5, 0.6) is 0 Å². The first kappa shape index (κ1) is 16.3. The molecule has 0 spiro atoms. The maximum atomic E-state index is 11.7. The maximum absolute atomic E-state index is 11.7.